The quantitative estimate of drug-likeness (QED) is 0.488. The standard InChI is InChI=1S/C21H19N3O2/c1-26-21(25)18-10-14-12-6-3-5-9-17(12)23-19(14)20(24-18)15-11-22-16-8-4-2-7-13(15)16/h2-9,11,18,20,22-24H,10H2,1H3. The van der Waals surface area contributed by atoms with Gasteiger partial charge in [-0.3, -0.25) is 10.1 Å². The number of carbonyl (C=O) groups excluding carboxylic acids is 1. The maximum atomic E-state index is 12.3. The Labute approximate surface area is 150 Å². The summed E-state index contributed by atoms with van der Waals surface area (Å²) in [5.74, 6) is -0.231. The van der Waals surface area contributed by atoms with E-state index >= 15 is 0 Å². The van der Waals surface area contributed by atoms with Crippen LogP contribution >= 0.6 is 0 Å². The Bertz CT molecular complexity index is 1120. The minimum atomic E-state index is -0.370. The van der Waals surface area contributed by atoms with Gasteiger partial charge < -0.3 is 14.7 Å². The number of rotatable bonds is 2. The number of benzene rings is 2. The van der Waals surface area contributed by atoms with E-state index in [0.717, 1.165) is 27.7 Å². The molecular formula is C21H19N3O2. The highest BCUT2D eigenvalue weighted by atomic mass is 16.5. The number of ether oxygens (including phenoxy) is 1. The average molecular weight is 345 g/mol. The van der Waals surface area contributed by atoms with Gasteiger partial charge in [0, 0.05) is 45.7 Å². The Morgan fingerprint density at radius 1 is 1.04 bits per heavy atom. The number of hydrogen-bond acceptors (Lipinski definition) is 3. The van der Waals surface area contributed by atoms with Gasteiger partial charge >= 0.3 is 5.97 Å². The van der Waals surface area contributed by atoms with E-state index in [9.17, 15) is 4.79 Å². The molecule has 0 aliphatic carbocycles. The zero-order chi connectivity index (χ0) is 17.7. The smallest absolute Gasteiger partial charge is 0.323 e. The first kappa shape index (κ1) is 15.2. The fourth-order valence-electron chi connectivity index (χ4n) is 4.11. The van der Waals surface area contributed by atoms with Crippen LogP contribution in [-0.4, -0.2) is 29.1 Å². The van der Waals surface area contributed by atoms with Gasteiger partial charge in [-0.25, -0.2) is 0 Å². The lowest BCUT2D eigenvalue weighted by atomic mass is 9.90. The highest BCUT2D eigenvalue weighted by Crippen LogP contribution is 2.37. The summed E-state index contributed by atoms with van der Waals surface area (Å²) in [6.07, 6.45) is 2.64. The Balaban J connectivity index is 1.73. The number of para-hydroxylation sites is 2. The average Bonchev–Trinajstić information content (AvgIpc) is 3.28. The van der Waals surface area contributed by atoms with Crippen molar-refractivity contribution in [1.29, 1.82) is 0 Å². The first-order valence-corrected chi connectivity index (χ1v) is 8.75. The second kappa shape index (κ2) is 5.75. The summed E-state index contributed by atoms with van der Waals surface area (Å²) in [6, 6.07) is 16.0. The van der Waals surface area contributed by atoms with E-state index in [-0.39, 0.29) is 18.1 Å². The summed E-state index contributed by atoms with van der Waals surface area (Å²) in [6.45, 7) is 0. The van der Waals surface area contributed by atoms with Crippen LogP contribution in [0.15, 0.2) is 54.7 Å². The minimum absolute atomic E-state index is 0.105. The lowest BCUT2D eigenvalue weighted by Gasteiger charge is -2.30. The third-order valence-electron chi connectivity index (χ3n) is 5.33. The second-order valence-electron chi connectivity index (χ2n) is 6.73. The first-order valence-electron chi connectivity index (χ1n) is 8.75. The molecule has 0 fully saturated rings. The van der Waals surface area contributed by atoms with Gasteiger partial charge in [-0.2, -0.15) is 0 Å². The van der Waals surface area contributed by atoms with Crippen LogP contribution in [0, 0.1) is 0 Å². The fourth-order valence-corrected chi connectivity index (χ4v) is 4.11. The van der Waals surface area contributed by atoms with Crippen LogP contribution in [0.25, 0.3) is 21.8 Å². The maximum Gasteiger partial charge on any atom is 0.323 e. The van der Waals surface area contributed by atoms with E-state index in [4.69, 9.17) is 4.74 Å². The van der Waals surface area contributed by atoms with E-state index in [1.54, 1.807) is 0 Å². The highest BCUT2D eigenvalue weighted by Gasteiger charge is 2.35. The van der Waals surface area contributed by atoms with Crippen molar-refractivity contribution in [3.8, 4) is 0 Å². The van der Waals surface area contributed by atoms with Gasteiger partial charge in [0.05, 0.1) is 13.2 Å². The molecule has 0 radical (unpaired) electrons. The third-order valence-corrected chi connectivity index (χ3v) is 5.33. The van der Waals surface area contributed by atoms with Crippen LogP contribution in [-0.2, 0) is 16.0 Å². The molecule has 26 heavy (non-hydrogen) atoms. The zero-order valence-electron chi connectivity index (χ0n) is 14.4. The molecular weight excluding hydrogens is 326 g/mol. The normalized spacial score (nSPS) is 19.6. The van der Waals surface area contributed by atoms with Crippen LogP contribution in [0.2, 0.25) is 0 Å². The van der Waals surface area contributed by atoms with Crippen molar-refractivity contribution in [2.75, 3.05) is 7.11 Å². The molecule has 0 saturated heterocycles. The highest BCUT2D eigenvalue weighted by molar-refractivity contribution is 5.89. The number of nitrogens with one attached hydrogen (secondary N) is 3. The minimum Gasteiger partial charge on any atom is -0.468 e. The summed E-state index contributed by atoms with van der Waals surface area (Å²) < 4.78 is 5.03. The van der Waals surface area contributed by atoms with Crippen LogP contribution in [0.3, 0.4) is 0 Å². The lowest BCUT2D eigenvalue weighted by molar-refractivity contribution is -0.143. The zero-order valence-corrected chi connectivity index (χ0v) is 14.4. The number of hydrogen-bond donors (Lipinski definition) is 3. The molecule has 1 aliphatic heterocycles. The van der Waals surface area contributed by atoms with Crippen LogP contribution < -0.4 is 5.32 Å². The predicted molar refractivity (Wildman–Crippen MR) is 101 cm³/mol. The molecule has 1 aliphatic rings. The summed E-state index contributed by atoms with van der Waals surface area (Å²) in [4.78, 5) is 19.2. The molecule has 2 aromatic heterocycles. The van der Waals surface area contributed by atoms with Crippen LogP contribution in [0.4, 0.5) is 0 Å². The van der Waals surface area contributed by atoms with Crippen LogP contribution in [0.1, 0.15) is 22.9 Å². The van der Waals surface area contributed by atoms with Gasteiger partial charge in [0.1, 0.15) is 6.04 Å². The molecule has 0 saturated carbocycles. The van der Waals surface area contributed by atoms with Gasteiger partial charge in [0.25, 0.3) is 0 Å². The Morgan fingerprint density at radius 2 is 1.77 bits per heavy atom. The van der Waals surface area contributed by atoms with Crippen molar-refractivity contribution >= 4 is 27.8 Å². The SMILES string of the molecule is COC(=O)C1Cc2c([nH]c3ccccc23)C(c2c[nH]c3ccccc23)N1. The molecule has 5 heteroatoms. The first-order chi connectivity index (χ1) is 12.8. The van der Waals surface area contributed by atoms with Crippen molar-refractivity contribution in [3.63, 3.8) is 0 Å². The molecule has 130 valence electrons. The monoisotopic (exact) mass is 345 g/mol. The summed E-state index contributed by atoms with van der Waals surface area (Å²) >= 11 is 0. The van der Waals surface area contributed by atoms with E-state index in [1.807, 2.05) is 30.5 Å². The summed E-state index contributed by atoms with van der Waals surface area (Å²) in [5, 5.41) is 5.81. The van der Waals surface area contributed by atoms with Crippen molar-refractivity contribution < 1.29 is 9.53 Å². The number of esters is 1. The van der Waals surface area contributed by atoms with Crippen molar-refractivity contribution in [2.24, 2.45) is 0 Å². The summed E-state index contributed by atoms with van der Waals surface area (Å²) in [7, 11) is 1.44. The Hall–Kier alpha value is -3.05. The second-order valence-corrected chi connectivity index (χ2v) is 6.73. The van der Waals surface area contributed by atoms with Gasteiger partial charge in [-0.05, 0) is 17.7 Å². The molecule has 3 N–H and O–H groups in total. The molecule has 2 aromatic carbocycles. The maximum absolute atomic E-state index is 12.3. The van der Waals surface area contributed by atoms with Crippen molar-refractivity contribution in [3.05, 3.63) is 71.5 Å². The van der Waals surface area contributed by atoms with Crippen molar-refractivity contribution in [2.45, 2.75) is 18.5 Å². The van der Waals surface area contributed by atoms with Crippen LogP contribution in [0.5, 0.6) is 0 Å². The molecule has 3 heterocycles. The molecule has 0 spiro atoms. The molecule has 4 aromatic rings. The number of methoxy groups -OCH3 is 1. The van der Waals surface area contributed by atoms with Gasteiger partial charge in [0.15, 0.2) is 0 Å². The fraction of sp³-hybridized carbons (Fsp3) is 0.190. The molecule has 2 atom stereocenters. The molecule has 0 bridgehead atoms. The number of fused-ring (bicyclic) bond motifs is 4. The summed E-state index contributed by atoms with van der Waals surface area (Å²) in [5.41, 5.74) is 5.61. The number of aromatic amines is 2. The van der Waals surface area contributed by atoms with E-state index in [0.29, 0.717) is 6.42 Å². The van der Waals surface area contributed by atoms with E-state index in [1.165, 1.54) is 18.1 Å². The van der Waals surface area contributed by atoms with Crippen molar-refractivity contribution in [1.82, 2.24) is 15.3 Å². The molecule has 0 amide bonds. The molecule has 5 rings (SSSR count). The number of aromatic nitrogens is 2. The lowest BCUT2D eigenvalue weighted by Crippen LogP contribution is -2.45. The predicted octanol–water partition coefficient (Wildman–Crippen LogP) is 3.43. The van der Waals surface area contributed by atoms with E-state index in [2.05, 4.69) is 39.6 Å². The largest absolute Gasteiger partial charge is 0.468 e. The topological polar surface area (TPSA) is 69.9 Å². The Kier molecular flexibility index (Phi) is 3.36. The third kappa shape index (κ3) is 2.17. The number of carbonyl (C=O) groups is 1. The van der Waals surface area contributed by atoms with Gasteiger partial charge in [-0.15, -0.1) is 0 Å². The Morgan fingerprint density at radius 3 is 2.58 bits per heavy atom. The van der Waals surface area contributed by atoms with E-state index < -0.39 is 0 Å². The van der Waals surface area contributed by atoms with Gasteiger partial charge in [-0.1, -0.05) is 36.4 Å². The molecule has 2 unspecified atom stereocenters. The van der Waals surface area contributed by atoms with Gasteiger partial charge in [0.2, 0.25) is 0 Å². The molecule has 5 nitrogen and oxygen atoms in total. The number of H-pyrrole nitrogens is 2.